The third-order valence-electron chi connectivity index (χ3n) is 4.24. The number of likely N-dealkylation sites (tertiary alicyclic amines) is 1. The first-order valence-corrected chi connectivity index (χ1v) is 6.95. The molecule has 2 heterocycles. The molecular formula is C15H19N2O2+. The van der Waals surface area contributed by atoms with Gasteiger partial charge in [-0.15, -0.1) is 0 Å². The van der Waals surface area contributed by atoms with Gasteiger partial charge in [-0.1, -0.05) is 19.1 Å². The molecule has 0 atom stereocenters. The molecule has 3 rings (SSSR count). The van der Waals surface area contributed by atoms with Crippen LogP contribution >= 0.6 is 0 Å². The summed E-state index contributed by atoms with van der Waals surface area (Å²) in [4.78, 5) is 27.0. The molecule has 1 fully saturated rings. The van der Waals surface area contributed by atoms with Crippen molar-refractivity contribution in [2.24, 2.45) is 5.92 Å². The van der Waals surface area contributed by atoms with Crippen LogP contribution in [0.3, 0.4) is 0 Å². The maximum Gasteiger partial charge on any atom is 0.303 e. The lowest BCUT2D eigenvalue weighted by Gasteiger charge is -2.30. The summed E-state index contributed by atoms with van der Waals surface area (Å²) in [6.45, 7) is 5.06. The molecule has 4 nitrogen and oxygen atoms in total. The van der Waals surface area contributed by atoms with Crippen LogP contribution in [-0.2, 0) is 4.79 Å². The fraction of sp³-hybridized carbons (Fsp3) is 0.467. The van der Waals surface area contributed by atoms with Gasteiger partial charge in [-0.3, -0.25) is 14.5 Å². The predicted octanol–water partition coefficient (Wildman–Crippen LogP) is 0.488. The molecule has 1 saturated heterocycles. The van der Waals surface area contributed by atoms with E-state index in [4.69, 9.17) is 0 Å². The monoisotopic (exact) mass is 259 g/mol. The largest absolute Gasteiger partial charge is 0.317 e. The number of piperidine rings is 1. The zero-order chi connectivity index (χ0) is 13.4. The molecule has 0 saturated carbocycles. The van der Waals surface area contributed by atoms with Gasteiger partial charge in [0.15, 0.2) is 6.67 Å². The summed E-state index contributed by atoms with van der Waals surface area (Å²) in [5.74, 6) is 0.0552. The molecule has 1 N–H and O–H groups in total. The van der Waals surface area contributed by atoms with Crippen LogP contribution in [0, 0.1) is 5.92 Å². The first kappa shape index (κ1) is 12.4. The van der Waals surface area contributed by atoms with Gasteiger partial charge < -0.3 is 4.90 Å². The fourth-order valence-electron chi connectivity index (χ4n) is 2.96. The molecule has 0 aromatic heterocycles. The zero-order valence-corrected chi connectivity index (χ0v) is 11.2. The Morgan fingerprint density at radius 3 is 2.63 bits per heavy atom. The van der Waals surface area contributed by atoms with E-state index in [0.29, 0.717) is 12.2 Å². The summed E-state index contributed by atoms with van der Waals surface area (Å²) in [7, 11) is 0. The minimum absolute atomic E-state index is 0.361. The minimum atomic E-state index is -0.368. The van der Waals surface area contributed by atoms with E-state index < -0.39 is 0 Å². The van der Waals surface area contributed by atoms with E-state index in [-0.39, 0.29) is 11.7 Å². The van der Waals surface area contributed by atoms with Crippen LogP contribution in [0.5, 0.6) is 0 Å². The van der Waals surface area contributed by atoms with Crippen LogP contribution in [0.25, 0.3) is 0 Å². The summed E-state index contributed by atoms with van der Waals surface area (Å²) >= 11 is 0. The van der Waals surface area contributed by atoms with Gasteiger partial charge >= 0.3 is 5.91 Å². The lowest BCUT2D eigenvalue weighted by molar-refractivity contribution is -0.904. The molecule has 100 valence electrons. The molecule has 4 heteroatoms. The molecule has 1 amide bonds. The number of carbonyl (C=O) groups is 2. The molecule has 2 aliphatic heterocycles. The van der Waals surface area contributed by atoms with Crippen LogP contribution in [0.15, 0.2) is 24.3 Å². The Hall–Kier alpha value is -1.68. The standard InChI is InChI=1S/C15H18N2O2/c1-11-6-8-16(9-7-11)10-17-13-5-3-2-4-12(13)14(18)15(17)19/h2-5,11H,6-10H2,1H3/p+1. The highest BCUT2D eigenvalue weighted by Gasteiger charge is 2.37. The second-order valence-corrected chi connectivity index (χ2v) is 5.67. The van der Waals surface area contributed by atoms with Crippen molar-refractivity contribution in [1.29, 1.82) is 0 Å². The van der Waals surface area contributed by atoms with Crippen LogP contribution < -0.4 is 9.80 Å². The van der Waals surface area contributed by atoms with Crippen LogP contribution in [0.1, 0.15) is 30.1 Å². The first-order chi connectivity index (χ1) is 9.16. The van der Waals surface area contributed by atoms with Crippen molar-refractivity contribution in [1.82, 2.24) is 0 Å². The smallest absolute Gasteiger partial charge is 0.303 e. The molecule has 0 radical (unpaired) electrons. The highest BCUT2D eigenvalue weighted by atomic mass is 16.2. The highest BCUT2D eigenvalue weighted by molar-refractivity contribution is 6.52. The first-order valence-electron chi connectivity index (χ1n) is 6.95. The number of hydrogen-bond acceptors (Lipinski definition) is 2. The Morgan fingerprint density at radius 2 is 1.89 bits per heavy atom. The van der Waals surface area contributed by atoms with Crippen molar-refractivity contribution in [3.63, 3.8) is 0 Å². The average Bonchev–Trinajstić information content (AvgIpc) is 2.67. The second-order valence-electron chi connectivity index (χ2n) is 5.67. The van der Waals surface area contributed by atoms with E-state index >= 15 is 0 Å². The fourth-order valence-corrected chi connectivity index (χ4v) is 2.96. The number of nitrogens with one attached hydrogen (secondary N) is 1. The summed E-state index contributed by atoms with van der Waals surface area (Å²) in [5.41, 5.74) is 1.33. The number of ketones is 1. The number of nitrogens with zero attached hydrogens (tertiary/aromatic N) is 1. The SMILES string of the molecule is CC1CC[NH+](CN2C(=O)C(=O)c3ccccc32)CC1. The van der Waals surface area contributed by atoms with Gasteiger partial charge in [-0.25, -0.2) is 0 Å². The van der Waals surface area contributed by atoms with E-state index in [2.05, 4.69) is 6.92 Å². The number of hydrogen-bond donors (Lipinski definition) is 1. The van der Waals surface area contributed by atoms with E-state index in [1.165, 1.54) is 17.7 Å². The van der Waals surface area contributed by atoms with E-state index in [1.807, 2.05) is 18.2 Å². The van der Waals surface area contributed by atoms with Gasteiger partial charge in [0.2, 0.25) is 0 Å². The summed E-state index contributed by atoms with van der Waals surface area (Å²) in [6, 6.07) is 7.29. The Bertz CT molecular complexity index is 519. The highest BCUT2D eigenvalue weighted by Crippen LogP contribution is 2.27. The van der Waals surface area contributed by atoms with Crippen molar-refractivity contribution in [2.45, 2.75) is 19.8 Å². The number of quaternary nitrogens is 1. The Labute approximate surface area is 113 Å². The number of fused-ring (bicyclic) bond motifs is 1. The molecule has 2 aliphatic rings. The van der Waals surface area contributed by atoms with Crippen LogP contribution in [0.2, 0.25) is 0 Å². The van der Waals surface area contributed by atoms with E-state index in [1.54, 1.807) is 11.0 Å². The van der Waals surface area contributed by atoms with Crippen molar-refractivity contribution < 1.29 is 14.5 Å². The van der Waals surface area contributed by atoms with Crippen LogP contribution in [-0.4, -0.2) is 31.4 Å². The van der Waals surface area contributed by atoms with Crippen molar-refractivity contribution >= 4 is 17.4 Å². The number of para-hydroxylation sites is 1. The molecule has 1 aromatic carbocycles. The topological polar surface area (TPSA) is 41.8 Å². The van der Waals surface area contributed by atoms with Gasteiger partial charge in [0.25, 0.3) is 5.78 Å². The molecule has 0 spiro atoms. The number of benzene rings is 1. The van der Waals surface area contributed by atoms with E-state index in [0.717, 1.165) is 24.7 Å². The molecular weight excluding hydrogens is 240 g/mol. The molecule has 0 bridgehead atoms. The molecule has 1 aromatic rings. The quantitative estimate of drug-likeness (QED) is 0.785. The van der Waals surface area contributed by atoms with Crippen molar-refractivity contribution in [3.05, 3.63) is 29.8 Å². The molecule has 19 heavy (non-hydrogen) atoms. The lowest BCUT2D eigenvalue weighted by Crippen LogP contribution is -3.14. The lowest BCUT2D eigenvalue weighted by atomic mass is 10.00. The average molecular weight is 259 g/mol. The minimum Gasteiger partial charge on any atom is -0.317 e. The third-order valence-corrected chi connectivity index (χ3v) is 4.24. The van der Waals surface area contributed by atoms with E-state index in [9.17, 15) is 9.59 Å². The molecule has 0 aliphatic carbocycles. The number of anilines is 1. The predicted molar refractivity (Wildman–Crippen MR) is 72.2 cm³/mol. The van der Waals surface area contributed by atoms with Gasteiger partial charge in [-0.2, -0.15) is 0 Å². The zero-order valence-electron chi connectivity index (χ0n) is 11.2. The number of carbonyl (C=O) groups excluding carboxylic acids is 2. The number of rotatable bonds is 2. The number of Topliss-reactive ketones (excluding diaryl/α,β-unsaturated/α-hetero) is 1. The maximum absolute atomic E-state index is 12.1. The van der Waals surface area contributed by atoms with Gasteiger partial charge in [0.1, 0.15) is 0 Å². The molecule has 0 unspecified atom stereocenters. The third kappa shape index (κ3) is 2.16. The van der Waals surface area contributed by atoms with Gasteiger partial charge in [-0.05, 0) is 30.9 Å². The Morgan fingerprint density at radius 1 is 1.21 bits per heavy atom. The number of amides is 1. The normalized spacial score (nSPS) is 26.7. The van der Waals surface area contributed by atoms with Gasteiger partial charge in [0, 0.05) is 0 Å². The second kappa shape index (κ2) is 4.78. The Kier molecular flexibility index (Phi) is 3.11. The summed E-state index contributed by atoms with van der Waals surface area (Å²) < 4.78 is 0. The van der Waals surface area contributed by atoms with Crippen molar-refractivity contribution in [3.8, 4) is 0 Å². The van der Waals surface area contributed by atoms with Crippen LogP contribution in [0.4, 0.5) is 5.69 Å². The Balaban J connectivity index is 1.78. The maximum atomic E-state index is 12.1. The summed E-state index contributed by atoms with van der Waals surface area (Å²) in [5, 5.41) is 0. The van der Waals surface area contributed by atoms with Crippen molar-refractivity contribution in [2.75, 3.05) is 24.7 Å². The van der Waals surface area contributed by atoms with Gasteiger partial charge in [0.05, 0.1) is 24.3 Å². The summed E-state index contributed by atoms with van der Waals surface area (Å²) in [6.07, 6.45) is 2.40.